The van der Waals surface area contributed by atoms with Crippen molar-refractivity contribution in [2.24, 2.45) is 0 Å². The van der Waals surface area contributed by atoms with E-state index in [1.807, 2.05) is 6.07 Å². The Balaban J connectivity index is 1.28. The summed E-state index contributed by atoms with van der Waals surface area (Å²) in [5.41, 5.74) is 17.9. The van der Waals surface area contributed by atoms with Crippen LogP contribution in [0.25, 0.3) is 125 Å². The van der Waals surface area contributed by atoms with E-state index in [1.165, 1.54) is 104 Å². The van der Waals surface area contributed by atoms with Crippen LogP contribution in [0.1, 0.15) is 37.5 Å². The first-order valence-electron chi connectivity index (χ1n) is 20.3. The van der Waals surface area contributed by atoms with Gasteiger partial charge in [-0.1, -0.05) is 136 Å². The molecule has 0 atom stereocenters. The second-order valence-corrected chi connectivity index (χ2v) is 17.4. The van der Waals surface area contributed by atoms with Crippen LogP contribution in [-0.2, 0) is 5.41 Å². The molecule has 0 radical (unpaired) electrons. The van der Waals surface area contributed by atoms with Crippen molar-refractivity contribution < 1.29 is 0 Å². The molecule has 59 heavy (non-hydrogen) atoms. The van der Waals surface area contributed by atoms with Crippen LogP contribution in [0, 0.1) is 24.8 Å². The average molecular weight is 749 g/mol. The normalized spacial score (nSPS) is 12.4. The molecule has 0 saturated heterocycles. The van der Waals surface area contributed by atoms with Gasteiger partial charge in [-0.25, -0.2) is 4.85 Å². The molecule has 0 aliphatic heterocycles. The highest BCUT2D eigenvalue weighted by atomic mass is 14.6. The lowest BCUT2D eigenvalue weighted by atomic mass is 9.80. The van der Waals surface area contributed by atoms with E-state index in [9.17, 15) is 5.26 Å². The Hall–Kier alpha value is -7.52. The van der Waals surface area contributed by atoms with Gasteiger partial charge < -0.3 is 0 Å². The Kier molecular flexibility index (Phi) is 6.70. The third kappa shape index (κ3) is 4.55. The molecule has 274 valence electrons. The van der Waals surface area contributed by atoms with Crippen LogP contribution in [0.4, 0.5) is 5.69 Å². The Morgan fingerprint density at radius 1 is 0.458 bits per heavy atom. The highest BCUT2D eigenvalue weighted by Gasteiger charge is 2.30. The summed E-state index contributed by atoms with van der Waals surface area (Å²) >= 11 is 0. The van der Waals surface area contributed by atoms with Crippen LogP contribution < -0.4 is 0 Å². The summed E-state index contributed by atoms with van der Waals surface area (Å²) in [6.07, 6.45) is 0. The molecule has 10 aromatic carbocycles. The smallest absolute Gasteiger partial charge is 0.187 e. The number of nitriles is 1. The standard InChI is InChI=1S/C57H36N2/c1-31-18-20-35(57(2,3)4)24-43(31)55-41-23-22-37-45(49(41)29-52-40-16-8-12-33-13-9-17-42(54(33)40)56(52)55)27-50(44-25-36(59-5)21-19-34(44)30-58)51-28-48-39-15-7-11-32-10-6-14-38(53(32)39)47(48)26-46(37)51/h6-29H,1-4H3. The Labute approximate surface area is 343 Å². The maximum atomic E-state index is 10.6. The number of hydrogen-bond acceptors (Lipinski definition) is 1. The predicted octanol–water partition coefficient (Wildman–Crippen LogP) is 16.1. The van der Waals surface area contributed by atoms with Crippen LogP contribution in [0.3, 0.4) is 0 Å². The van der Waals surface area contributed by atoms with Gasteiger partial charge in [-0.05, 0) is 174 Å². The summed E-state index contributed by atoms with van der Waals surface area (Å²) in [5.74, 6) is 0. The van der Waals surface area contributed by atoms with Crippen molar-refractivity contribution in [1.82, 2.24) is 0 Å². The minimum Gasteiger partial charge on any atom is -0.238 e. The molecule has 0 aromatic heterocycles. The van der Waals surface area contributed by atoms with E-state index in [2.05, 4.69) is 166 Å². The lowest BCUT2D eigenvalue weighted by Gasteiger charge is -2.23. The molecular weight excluding hydrogens is 713 g/mol. The number of fused-ring (bicyclic) bond motifs is 11. The maximum Gasteiger partial charge on any atom is 0.187 e. The lowest BCUT2D eigenvalue weighted by molar-refractivity contribution is 0.590. The van der Waals surface area contributed by atoms with Crippen molar-refractivity contribution in [2.75, 3.05) is 0 Å². The highest BCUT2D eigenvalue weighted by molar-refractivity contribution is 6.30. The molecule has 0 fully saturated rings. The van der Waals surface area contributed by atoms with Crippen LogP contribution in [-0.4, -0.2) is 0 Å². The third-order valence-electron chi connectivity index (χ3n) is 13.3. The summed E-state index contributed by atoms with van der Waals surface area (Å²) in [6.45, 7) is 17.1. The second-order valence-electron chi connectivity index (χ2n) is 17.4. The van der Waals surface area contributed by atoms with Crippen LogP contribution in [0.5, 0.6) is 0 Å². The SMILES string of the molecule is [C-]#[N+]c1ccc(C#N)c(-c2cc3c4cc5c(c(-c6cc(C(C)(C)C)ccc6C)c4ccc3c3cc4c(cc23)-c2cccc3cccc-4c23)-c2cccc3cccc-5c23)c1. The molecule has 12 rings (SSSR count). The van der Waals surface area contributed by atoms with Crippen LogP contribution >= 0.6 is 0 Å². The average Bonchev–Trinajstić information content (AvgIpc) is 3.75. The van der Waals surface area contributed by atoms with E-state index in [4.69, 9.17) is 6.57 Å². The number of aryl methyl sites for hydroxylation is 1. The molecule has 2 aliphatic carbocycles. The van der Waals surface area contributed by atoms with Crippen molar-refractivity contribution in [3.05, 3.63) is 174 Å². The molecule has 0 amide bonds. The van der Waals surface area contributed by atoms with Gasteiger partial charge in [0.15, 0.2) is 5.69 Å². The number of hydrogen-bond donors (Lipinski definition) is 0. The zero-order valence-corrected chi connectivity index (χ0v) is 33.3. The highest BCUT2D eigenvalue weighted by Crippen LogP contribution is 2.56. The molecule has 0 spiro atoms. The van der Waals surface area contributed by atoms with Crippen molar-refractivity contribution in [3.8, 4) is 72.8 Å². The molecule has 0 bridgehead atoms. The molecular formula is C57H36N2. The number of rotatable bonds is 2. The summed E-state index contributed by atoms with van der Waals surface area (Å²) in [6, 6.07) is 55.8. The quantitative estimate of drug-likeness (QED) is 0.128. The van der Waals surface area contributed by atoms with E-state index in [-0.39, 0.29) is 5.41 Å². The van der Waals surface area contributed by atoms with E-state index >= 15 is 0 Å². The van der Waals surface area contributed by atoms with Crippen LogP contribution in [0.15, 0.2) is 146 Å². The molecule has 2 aliphatic rings. The fraction of sp³-hybridized carbons (Fsp3) is 0.0877. The predicted molar refractivity (Wildman–Crippen MR) is 248 cm³/mol. The van der Waals surface area contributed by atoms with Gasteiger partial charge >= 0.3 is 0 Å². The van der Waals surface area contributed by atoms with Gasteiger partial charge in [0, 0.05) is 0 Å². The van der Waals surface area contributed by atoms with E-state index < -0.39 is 0 Å². The van der Waals surface area contributed by atoms with Gasteiger partial charge in [0.2, 0.25) is 0 Å². The first kappa shape index (κ1) is 33.6. The van der Waals surface area contributed by atoms with Gasteiger partial charge in [0.25, 0.3) is 0 Å². The van der Waals surface area contributed by atoms with Gasteiger partial charge in [-0.3, -0.25) is 0 Å². The molecule has 2 heteroatoms. The molecule has 10 aromatic rings. The molecule has 0 N–H and O–H groups in total. The Bertz CT molecular complexity index is 3660. The fourth-order valence-electron chi connectivity index (χ4n) is 10.4. The summed E-state index contributed by atoms with van der Waals surface area (Å²) in [4.78, 5) is 3.83. The molecule has 0 saturated carbocycles. The van der Waals surface area contributed by atoms with Gasteiger partial charge in [0.1, 0.15) is 0 Å². The summed E-state index contributed by atoms with van der Waals surface area (Å²) in [7, 11) is 0. The van der Waals surface area contributed by atoms with E-state index in [0.717, 1.165) is 27.3 Å². The third-order valence-corrected chi connectivity index (χ3v) is 13.3. The van der Waals surface area contributed by atoms with E-state index in [1.54, 1.807) is 12.1 Å². The summed E-state index contributed by atoms with van der Waals surface area (Å²) < 4.78 is 0. The number of benzene rings is 10. The Morgan fingerprint density at radius 3 is 1.68 bits per heavy atom. The van der Waals surface area contributed by atoms with E-state index in [0.29, 0.717) is 11.3 Å². The van der Waals surface area contributed by atoms with Crippen LogP contribution in [0.2, 0.25) is 0 Å². The topological polar surface area (TPSA) is 28.1 Å². The first-order valence-corrected chi connectivity index (χ1v) is 20.3. The van der Waals surface area contributed by atoms with Crippen molar-refractivity contribution >= 4 is 59.5 Å². The second kappa shape index (κ2) is 11.8. The number of nitrogens with zero attached hydrogens (tertiary/aromatic N) is 2. The minimum absolute atomic E-state index is 0.0255. The molecule has 0 unspecified atom stereocenters. The monoisotopic (exact) mass is 748 g/mol. The maximum absolute atomic E-state index is 10.6. The minimum atomic E-state index is -0.0255. The fourth-order valence-corrected chi connectivity index (χ4v) is 10.4. The van der Waals surface area contributed by atoms with Crippen molar-refractivity contribution in [3.63, 3.8) is 0 Å². The van der Waals surface area contributed by atoms with Crippen molar-refractivity contribution in [2.45, 2.75) is 33.1 Å². The van der Waals surface area contributed by atoms with Gasteiger partial charge in [-0.2, -0.15) is 5.26 Å². The zero-order valence-electron chi connectivity index (χ0n) is 33.3. The molecule has 0 heterocycles. The molecule has 2 nitrogen and oxygen atoms in total. The lowest BCUT2D eigenvalue weighted by Crippen LogP contribution is -2.11. The zero-order chi connectivity index (χ0) is 39.9. The summed E-state index contributed by atoms with van der Waals surface area (Å²) in [5, 5.41) is 22.5. The first-order chi connectivity index (χ1) is 28.7. The van der Waals surface area contributed by atoms with Crippen molar-refractivity contribution in [1.29, 1.82) is 5.26 Å². The Morgan fingerprint density at radius 2 is 1.02 bits per heavy atom. The van der Waals surface area contributed by atoms with Gasteiger partial charge in [-0.15, -0.1) is 0 Å². The van der Waals surface area contributed by atoms with Gasteiger partial charge in [0.05, 0.1) is 18.2 Å². The largest absolute Gasteiger partial charge is 0.238 e.